The number of rotatable bonds is 5. The third-order valence-corrected chi connectivity index (χ3v) is 3.36. The van der Waals surface area contributed by atoms with Crippen molar-refractivity contribution in [2.45, 2.75) is 19.8 Å². The fourth-order valence-electron chi connectivity index (χ4n) is 1.66. The summed E-state index contributed by atoms with van der Waals surface area (Å²) in [5.74, 6) is 1.33. The van der Waals surface area contributed by atoms with Gasteiger partial charge in [0, 0.05) is 15.6 Å². The van der Waals surface area contributed by atoms with E-state index in [0.717, 1.165) is 22.2 Å². The zero-order chi connectivity index (χ0) is 14.4. The highest BCUT2D eigenvalue weighted by atomic mass is 127. The molecule has 2 rings (SSSR count). The molecule has 0 saturated carbocycles. The van der Waals surface area contributed by atoms with Crippen molar-refractivity contribution in [2.24, 2.45) is 5.10 Å². The number of hydrogen-bond acceptors (Lipinski definition) is 3. The van der Waals surface area contributed by atoms with Gasteiger partial charge < -0.3 is 4.42 Å². The van der Waals surface area contributed by atoms with Crippen LogP contribution in [0.3, 0.4) is 0 Å². The summed E-state index contributed by atoms with van der Waals surface area (Å²) < 4.78 is 6.61. The lowest BCUT2D eigenvalue weighted by Crippen LogP contribution is -2.17. The minimum Gasteiger partial charge on any atom is -0.460 e. The van der Waals surface area contributed by atoms with E-state index < -0.39 is 0 Å². The van der Waals surface area contributed by atoms with Crippen molar-refractivity contribution in [3.63, 3.8) is 0 Å². The number of amides is 1. The summed E-state index contributed by atoms with van der Waals surface area (Å²) in [5, 5.41) is 3.89. The van der Waals surface area contributed by atoms with Crippen LogP contribution in [0, 0.1) is 3.57 Å². The van der Waals surface area contributed by atoms with Gasteiger partial charge in [0.25, 0.3) is 5.91 Å². The molecule has 0 aliphatic carbocycles. The molecule has 0 fully saturated rings. The van der Waals surface area contributed by atoms with Crippen LogP contribution in [0.5, 0.6) is 0 Å². The largest absolute Gasteiger partial charge is 0.460 e. The standard InChI is InChI=1S/C15H15IN2O2/c1-2-3-13-8-9-14(20-13)10-17-18-15(19)11-4-6-12(16)7-5-11/h4-10H,2-3H2,1H3,(H,18,19)/b17-10-. The molecule has 5 heteroatoms. The number of nitrogens with zero attached hydrogens (tertiary/aromatic N) is 1. The molecule has 0 radical (unpaired) electrons. The van der Waals surface area contributed by atoms with Crippen molar-refractivity contribution in [1.29, 1.82) is 0 Å². The Morgan fingerprint density at radius 1 is 1.30 bits per heavy atom. The van der Waals surface area contributed by atoms with E-state index in [2.05, 4.69) is 40.0 Å². The summed E-state index contributed by atoms with van der Waals surface area (Å²) >= 11 is 2.19. The molecule has 0 saturated heterocycles. The van der Waals surface area contributed by atoms with Crippen LogP contribution in [0.1, 0.15) is 35.2 Å². The Morgan fingerprint density at radius 3 is 2.75 bits per heavy atom. The molecule has 20 heavy (non-hydrogen) atoms. The van der Waals surface area contributed by atoms with Crippen LogP contribution in [-0.2, 0) is 6.42 Å². The van der Waals surface area contributed by atoms with E-state index in [1.165, 1.54) is 6.21 Å². The average Bonchev–Trinajstić information content (AvgIpc) is 2.87. The first-order valence-corrected chi connectivity index (χ1v) is 7.44. The van der Waals surface area contributed by atoms with Crippen LogP contribution >= 0.6 is 22.6 Å². The molecule has 1 N–H and O–H groups in total. The Bertz CT molecular complexity index is 603. The van der Waals surface area contributed by atoms with Crippen molar-refractivity contribution in [3.05, 3.63) is 57.1 Å². The van der Waals surface area contributed by atoms with Gasteiger partial charge in [0.15, 0.2) is 0 Å². The Labute approximate surface area is 131 Å². The lowest BCUT2D eigenvalue weighted by atomic mass is 10.2. The quantitative estimate of drug-likeness (QED) is 0.488. The molecule has 1 aromatic heterocycles. The van der Waals surface area contributed by atoms with Gasteiger partial charge in [-0.05, 0) is 65.4 Å². The molecule has 0 unspecified atom stereocenters. The summed E-state index contributed by atoms with van der Waals surface area (Å²) in [6, 6.07) is 11.0. The number of carbonyl (C=O) groups excluding carboxylic acids is 1. The highest BCUT2D eigenvalue weighted by Gasteiger charge is 2.03. The number of furan rings is 1. The molecule has 1 aromatic carbocycles. The van der Waals surface area contributed by atoms with Crippen molar-refractivity contribution < 1.29 is 9.21 Å². The van der Waals surface area contributed by atoms with Gasteiger partial charge in [-0.25, -0.2) is 5.43 Å². The smallest absolute Gasteiger partial charge is 0.271 e. The molecular weight excluding hydrogens is 367 g/mol. The highest BCUT2D eigenvalue weighted by Crippen LogP contribution is 2.08. The van der Waals surface area contributed by atoms with Gasteiger partial charge in [-0.2, -0.15) is 5.10 Å². The van der Waals surface area contributed by atoms with Crippen LogP contribution in [0.4, 0.5) is 0 Å². The second-order valence-corrected chi connectivity index (χ2v) is 5.51. The maximum Gasteiger partial charge on any atom is 0.271 e. The average molecular weight is 382 g/mol. The van der Waals surface area contributed by atoms with Gasteiger partial charge in [0.2, 0.25) is 0 Å². The van der Waals surface area contributed by atoms with Crippen molar-refractivity contribution in [2.75, 3.05) is 0 Å². The number of hydrazone groups is 1. The molecule has 0 aliphatic rings. The molecule has 1 amide bonds. The van der Waals surface area contributed by atoms with E-state index >= 15 is 0 Å². The van der Waals surface area contributed by atoms with Gasteiger partial charge in [0.05, 0.1) is 6.21 Å². The van der Waals surface area contributed by atoms with E-state index in [9.17, 15) is 4.79 Å². The summed E-state index contributed by atoms with van der Waals surface area (Å²) in [4.78, 5) is 11.8. The monoisotopic (exact) mass is 382 g/mol. The van der Waals surface area contributed by atoms with Gasteiger partial charge in [0.1, 0.15) is 11.5 Å². The molecule has 0 bridgehead atoms. The van der Waals surface area contributed by atoms with Crippen molar-refractivity contribution in [3.8, 4) is 0 Å². The van der Waals surface area contributed by atoms with E-state index in [1.807, 2.05) is 24.3 Å². The number of aryl methyl sites for hydroxylation is 1. The second kappa shape index (κ2) is 7.23. The van der Waals surface area contributed by atoms with Gasteiger partial charge in [-0.15, -0.1) is 0 Å². The SMILES string of the molecule is CCCc1ccc(/C=N\NC(=O)c2ccc(I)cc2)o1. The molecule has 4 nitrogen and oxygen atoms in total. The Hall–Kier alpha value is -1.63. The Balaban J connectivity index is 1.91. The first-order valence-electron chi connectivity index (χ1n) is 6.36. The van der Waals surface area contributed by atoms with E-state index in [-0.39, 0.29) is 5.91 Å². The maximum absolute atomic E-state index is 11.8. The predicted octanol–water partition coefficient (Wildman–Crippen LogP) is 3.60. The molecule has 1 heterocycles. The van der Waals surface area contributed by atoms with Gasteiger partial charge in [-0.1, -0.05) is 6.92 Å². The van der Waals surface area contributed by atoms with Crippen molar-refractivity contribution >= 4 is 34.7 Å². The van der Waals surface area contributed by atoms with Crippen LogP contribution in [0.25, 0.3) is 0 Å². The highest BCUT2D eigenvalue weighted by molar-refractivity contribution is 14.1. The molecule has 2 aromatic rings. The molecule has 0 spiro atoms. The lowest BCUT2D eigenvalue weighted by Gasteiger charge is -1.99. The van der Waals surface area contributed by atoms with E-state index in [4.69, 9.17) is 4.42 Å². The maximum atomic E-state index is 11.8. The molecule has 0 aliphatic heterocycles. The predicted molar refractivity (Wildman–Crippen MR) is 86.9 cm³/mol. The zero-order valence-corrected chi connectivity index (χ0v) is 13.3. The zero-order valence-electron chi connectivity index (χ0n) is 11.1. The van der Waals surface area contributed by atoms with Gasteiger partial charge in [-0.3, -0.25) is 4.79 Å². The fourth-order valence-corrected chi connectivity index (χ4v) is 2.02. The van der Waals surface area contributed by atoms with E-state index in [0.29, 0.717) is 11.3 Å². The number of benzene rings is 1. The second-order valence-electron chi connectivity index (χ2n) is 4.26. The fraction of sp³-hybridized carbons (Fsp3) is 0.200. The number of nitrogens with one attached hydrogen (secondary N) is 1. The summed E-state index contributed by atoms with van der Waals surface area (Å²) in [7, 11) is 0. The normalized spacial score (nSPS) is 10.9. The molecule has 104 valence electrons. The lowest BCUT2D eigenvalue weighted by molar-refractivity contribution is 0.0955. The van der Waals surface area contributed by atoms with E-state index in [1.54, 1.807) is 12.1 Å². The number of hydrogen-bond donors (Lipinski definition) is 1. The van der Waals surface area contributed by atoms with Crippen molar-refractivity contribution in [1.82, 2.24) is 5.43 Å². The van der Waals surface area contributed by atoms with Crippen LogP contribution < -0.4 is 5.43 Å². The molecular formula is C15H15IN2O2. The third-order valence-electron chi connectivity index (χ3n) is 2.64. The minimum absolute atomic E-state index is 0.238. The Kier molecular flexibility index (Phi) is 5.34. The summed E-state index contributed by atoms with van der Waals surface area (Å²) in [6.07, 6.45) is 3.44. The summed E-state index contributed by atoms with van der Waals surface area (Å²) in [5.41, 5.74) is 3.05. The third kappa shape index (κ3) is 4.19. The Morgan fingerprint density at radius 2 is 2.05 bits per heavy atom. The minimum atomic E-state index is -0.238. The van der Waals surface area contributed by atoms with Crippen LogP contribution in [0.2, 0.25) is 0 Å². The number of halogens is 1. The van der Waals surface area contributed by atoms with Gasteiger partial charge >= 0.3 is 0 Å². The first kappa shape index (κ1) is 14.8. The molecule has 0 atom stereocenters. The number of carbonyl (C=O) groups is 1. The topological polar surface area (TPSA) is 54.6 Å². The van der Waals surface area contributed by atoms with Crippen LogP contribution in [-0.4, -0.2) is 12.1 Å². The van der Waals surface area contributed by atoms with Crippen LogP contribution in [0.15, 0.2) is 45.9 Å². The first-order chi connectivity index (χ1) is 9.69. The summed E-state index contributed by atoms with van der Waals surface area (Å²) in [6.45, 7) is 2.09.